The quantitative estimate of drug-likeness (QED) is 0.555. The van der Waals surface area contributed by atoms with Crippen LogP contribution in [0.1, 0.15) is 58.3 Å². The van der Waals surface area contributed by atoms with Gasteiger partial charge in [0.2, 0.25) is 5.91 Å². The molecule has 5 rings (SSSR count). The molecule has 0 radical (unpaired) electrons. The lowest BCUT2D eigenvalue weighted by atomic mass is 9.86. The maximum Gasteiger partial charge on any atom is 0.221 e. The largest absolute Gasteiger partial charge is 0.345 e. The third-order valence-corrected chi connectivity index (χ3v) is 8.07. The molecule has 2 saturated carbocycles. The van der Waals surface area contributed by atoms with E-state index in [0.717, 1.165) is 28.7 Å². The van der Waals surface area contributed by atoms with Crippen molar-refractivity contribution in [2.24, 2.45) is 17.3 Å². The molecule has 1 atom stereocenters. The van der Waals surface area contributed by atoms with Crippen LogP contribution < -0.4 is 10.6 Å². The maximum atomic E-state index is 11.2. The summed E-state index contributed by atoms with van der Waals surface area (Å²) in [6.45, 7) is 5.41. The highest BCUT2D eigenvalue weighted by molar-refractivity contribution is 5.88. The molecule has 2 heterocycles. The second kappa shape index (κ2) is 10.3. The van der Waals surface area contributed by atoms with Crippen LogP contribution in [0.5, 0.6) is 0 Å². The minimum absolute atomic E-state index is 0.0757. The summed E-state index contributed by atoms with van der Waals surface area (Å²) in [6, 6.07) is 11.6. The number of amides is 1. The number of benzene rings is 1. The summed E-state index contributed by atoms with van der Waals surface area (Å²) in [7, 11) is 0. The number of hydrogen-bond acceptors (Lipinski definition) is 5. The number of allylic oxidation sites excluding steroid dienone is 1. The Morgan fingerprint density at radius 3 is 2.50 bits per heavy atom. The number of hydrogen-bond donors (Lipinski definition) is 2. The van der Waals surface area contributed by atoms with Crippen LogP contribution in [0.15, 0.2) is 48.7 Å². The first-order valence-electron chi connectivity index (χ1n) is 13.0. The molecule has 1 aromatic carbocycles. The Kier molecular flexibility index (Phi) is 6.95. The van der Waals surface area contributed by atoms with E-state index in [4.69, 9.17) is 0 Å². The first kappa shape index (κ1) is 23.0. The van der Waals surface area contributed by atoms with E-state index < -0.39 is 0 Å². The summed E-state index contributed by atoms with van der Waals surface area (Å²) >= 11 is 0. The fraction of sp³-hybridized carbons (Fsp3) is 0.536. The molecule has 3 aliphatic rings. The van der Waals surface area contributed by atoms with Gasteiger partial charge in [-0.2, -0.15) is 0 Å². The number of carbonyl (C=O) groups is 1. The van der Waals surface area contributed by atoms with E-state index in [1.54, 1.807) is 0 Å². The van der Waals surface area contributed by atoms with Gasteiger partial charge in [0.25, 0.3) is 0 Å². The molecule has 180 valence electrons. The van der Waals surface area contributed by atoms with Gasteiger partial charge in [0.05, 0.1) is 5.69 Å². The maximum absolute atomic E-state index is 11.2. The Morgan fingerprint density at radius 1 is 1.06 bits per heavy atom. The average molecular weight is 460 g/mol. The van der Waals surface area contributed by atoms with E-state index in [1.807, 2.05) is 36.4 Å². The molecular weight excluding hydrogens is 422 g/mol. The van der Waals surface area contributed by atoms with E-state index in [-0.39, 0.29) is 5.91 Å². The van der Waals surface area contributed by atoms with Gasteiger partial charge in [-0.05, 0) is 92.9 Å². The minimum atomic E-state index is -0.0757. The number of carbonyl (C=O) groups excluding carboxylic acids is 1. The summed E-state index contributed by atoms with van der Waals surface area (Å²) < 4.78 is 0. The zero-order chi connectivity index (χ0) is 23.4. The summed E-state index contributed by atoms with van der Waals surface area (Å²) in [6.07, 6.45) is 15.7. The summed E-state index contributed by atoms with van der Waals surface area (Å²) in [5.41, 5.74) is 3.11. The molecule has 1 aromatic heterocycles. The number of aromatic nitrogens is 2. The zero-order valence-corrected chi connectivity index (χ0v) is 20.3. The fourth-order valence-electron chi connectivity index (χ4n) is 5.88. The van der Waals surface area contributed by atoms with Gasteiger partial charge in [-0.3, -0.25) is 4.79 Å². The first-order chi connectivity index (χ1) is 16.6. The van der Waals surface area contributed by atoms with Crippen LogP contribution in [-0.4, -0.2) is 40.6 Å². The second-order valence-electron chi connectivity index (χ2n) is 10.5. The van der Waals surface area contributed by atoms with Crippen LogP contribution >= 0.6 is 0 Å². The second-order valence-corrected chi connectivity index (χ2v) is 10.5. The van der Waals surface area contributed by atoms with Crippen molar-refractivity contribution in [2.75, 3.05) is 30.3 Å². The Balaban J connectivity index is 1.07. The molecular formula is C28H37N5O. The van der Waals surface area contributed by atoms with Crippen molar-refractivity contribution in [2.45, 2.75) is 58.3 Å². The lowest BCUT2D eigenvalue weighted by Gasteiger charge is -2.36. The van der Waals surface area contributed by atoms with Crippen molar-refractivity contribution >= 4 is 17.4 Å². The number of nitrogens with one attached hydrogen (secondary N) is 2. The summed E-state index contributed by atoms with van der Waals surface area (Å²) in [5, 5.41) is 14.8. The van der Waals surface area contributed by atoms with Crippen LogP contribution in [0.25, 0.3) is 11.3 Å². The molecule has 3 fully saturated rings. The molecule has 2 aliphatic carbocycles. The van der Waals surface area contributed by atoms with Crippen LogP contribution in [0.4, 0.5) is 11.5 Å². The van der Waals surface area contributed by atoms with E-state index in [1.165, 1.54) is 77.9 Å². The Hall–Kier alpha value is -2.73. The molecule has 34 heavy (non-hydrogen) atoms. The Morgan fingerprint density at radius 2 is 1.82 bits per heavy atom. The van der Waals surface area contributed by atoms with Gasteiger partial charge in [0.15, 0.2) is 5.82 Å². The van der Waals surface area contributed by atoms with Gasteiger partial charge in [-0.1, -0.05) is 37.5 Å². The minimum Gasteiger partial charge on any atom is -0.345 e. The van der Waals surface area contributed by atoms with E-state index in [9.17, 15) is 4.79 Å². The molecule has 6 heteroatoms. The third-order valence-electron chi connectivity index (χ3n) is 8.07. The number of nitrogens with zero attached hydrogens (tertiary/aromatic N) is 3. The molecule has 2 N–H and O–H groups in total. The molecule has 0 bridgehead atoms. The average Bonchev–Trinajstić information content (AvgIpc) is 3.53. The lowest BCUT2D eigenvalue weighted by Crippen LogP contribution is -2.38. The van der Waals surface area contributed by atoms with Gasteiger partial charge in [0, 0.05) is 24.7 Å². The monoisotopic (exact) mass is 459 g/mol. The normalized spacial score (nSPS) is 22.7. The van der Waals surface area contributed by atoms with Gasteiger partial charge in [-0.25, -0.2) is 0 Å². The molecule has 1 aliphatic heterocycles. The number of anilines is 2. The standard InChI is InChI=1S/C28H37N5O/c1-21(34)30-25-9-7-23(8-10-25)26-11-12-27(32-31-26)29-16-13-24-19-28(24)14-17-33(18-15-28)20-22-5-3-2-4-6-22/h7-13,16,22,24H,2-6,14-15,17-20H2,1H3,(H,29,32)(H,30,34)/b16-13+. The van der Waals surface area contributed by atoms with Crippen molar-refractivity contribution in [3.63, 3.8) is 0 Å². The van der Waals surface area contributed by atoms with Crippen LogP contribution in [-0.2, 0) is 4.79 Å². The predicted molar refractivity (Wildman–Crippen MR) is 137 cm³/mol. The molecule has 1 saturated heterocycles. The third kappa shape index (κ3) is 5.66. The highest BCUT2D eigenvalue weighted by Gasteiger charge is 2.53. The number of rotatable bonds is 7. The summed E-state index contributed by atoms with van der Waals surface area (Å²) in [5.74, 6) is 2.34. The van der Waals surface area contributed by atoms with Gasteiger partial charge in [-0.15, -0.1) is 10.2 Å². The Labute approximate surface area is 203 Å². The van der Waals surface area contributed by atoms with Crippen LogP contribution in [0.3, 0.4) is 0 Å². The van der Waals surface area contributed by atoms with E-state index >= 15 is 0 Å². The van der Waals surface area contributed by atoms with Gasteiger partial charge >= 0.3 is 0 Å². The number of likely N-dealkylation sites (tertiary alicyclic amines) is 1. The van der Waals surface area contributed by atoms with E-state index in [0.29, 0.717) is 11.3 Å². The molecule has 1 spiro atoms. The molecule has 2 aromatic rings. The van der Waals surface area contributed by atoms with Gasteiger partial charge in [0.1, 0.15) is 0 Å². The van der Waals surface area contributed by atoms with Crippen molar-refractivity contribution in [3.05, 3.63) is 48.7 Å². The van der Waals surface area contributed by atoms with Crippen LogP contribution in [0, 0.1) is 17.3 Å². The number of piperidine rings is 1. The SMILES string of the molecule is CC(=O)Nc1ccc(-c2ccc(N/C=C/C3CC34CCN(CC3CCCCC3)CC4)nn2)cc1. The zero-order valence-electron chi connectivity index (χ0n) is 20.3. The topological polar surface area (TPSA) is 70.2 Å². The lowest BCUT2D eigenvalue weighted by molar-refractivity contribution is -0.114. The van der Waals surface area contributed by atoms with Crippen molar-refractivity contribution in [3.8, 4) is 11.3 Å². The smallest absolute Gasteiger partial charge is 0.221 e. The van der Waals surface area contributed by atoms with Crippen LogP contribution in [0.2, 0.25) is 0 Å². The van der Waals surface area contributed by atoms with Crippen molar-refractivity contribution in [1.29, 1.82) is 0 Å². The summed E-state index contributed by atoms with van der Waals surface area (Å²) in [4.78, 5) is 13.9. The van der Waals surface area contributed by atoms with E-state index in [2.05, 4.69) is 38.0 Å². The molecule has 1 unspecified atom stereocenters. The predicted octanol–water partition coefficient (Wildman–Crippen LogP) is 5.71. The Bertz CT molecular complexity index is 986. The van der Waals surface area contributed by atoms with Crippen molar-refractivity contribution < 1.29 is 4.79 Å². The molecule has 1 amide bonds. The highest BCUT2D eigenvalue weighted by Crippen LogP contribution is 2.60. The molecule has 6 nitrogen and oxygen atoms in total. The van der Waals surface area contributed by atoms with Crippen molar-refractivity contribution in [1.82, 2.24) is 15.1 Å². The van der Waals surface area contributed by atoms with Gasteiger partial charge < -0.3 is 15.5 Å². The fourth-order valence-corrected chi connectivity index (χ4v) is 5.88. The highest BCUT2D eigenvalue weighted by atomic mass is 16.1. The first-order valence-corrected chi connectivity index (χ1v) is 13.0.